The van der Waals surface area contributed by atoms with Crippen molar-refractivity contribution >= 4 is 18.0 Å². The molecule has 3 aliphatic rings. The lowest BCUT2D eigenvalue weighted by Crippen LogP contribution is -2.55. The number of ether oxygens (including phenoxy) is 1. The van der Waals surface area contributed by atoms with Crippen LogP contribution in [0.1, 0.15) is 55.6 Å². The third-order valence-electron chi connectivity index (χ3n) is 7.43. The number of nitrogens with one attached hydrogen (secondary N) is 2. The Bertz CT molecular complexity index is 1050. The molecular weight excluding hydrogens is 432 g/mol. The third kappa shape index (κ3) is 4.65. The molecule has 0 saturated heterocycles. The highest BCUT2D eigenvalue weighted by atomic mass is 16.5. The monoisotopic (exact) mass is 462 g/mol. The van der Waals surface area contributed by atoms with Crippen molar-refractivity contribution in [3.63, 3.8) is 0 Å². The highest BCUT2D eigenvalue weighted by Gasteiger charge is 2.39. The molecule has 0 heterocycles. The zero-order valence-electron chi connectivity index (χ0n) is 19.0. The molecule has 7 heteroatoms. The predicted octanol–water partition coefficient (Wildman–Crippen LogP) is 4.06. The van der Waals surface area contributed by atoms with E-state index in [2.05, 4.69) is 34.9 Å². The largest absolute Gasteiger partial charge is 0.481 e. The molecule has 2 aromatic carbocycles. The van der Waals surface area contributed by atoms with E-state index in [4.69, 9.17) is 4.74 Å². The number of fused-ring (bicyclic) bond motifs is 3. The second-order valence-corrected chi connectivity index (χ2v) is 9.69. The van der Waals surface area contributed by atoms with Gasteiger partial charge in [0.25, 0.3) is 0 Å². The number of hydrogen-bond donors (Lipinski definition) is 3. The maximum Gasteiger partial charge on any atom is 0.407 e. The topological polar surface area (TPSA) is 105 Å². The first-order valence-electron chi connectivity index (χ1n) is 12.1. The summed E-state index contributed by atoms with van der Waals surface area (Å²) in [6.07, 6.45) is 3.86. The van der Waals surface area contributed by atoms with Gasteiger partial charge in [0.15, 0.2) is 0 Å². The molecule has 178 valence electrons. The Morgan fingerprint density at radius 1 is 0.882 bits per heavy atom. The quantitative estimate of drug-likeness (QED) is 0.521. The summed E-state index contributed by atoms with van der Waals surface area (Å²) in [6, 6.07) is 15.2. The Labute approximate surface area is 198 Å². The van der Waals surface area contributed by atoms with Gasteiger partial charge in [-0.1, -0.05) is 55.0 Å². The van der Waals surface area contributed by atoms with Crippen LogP contribution in [-0.4, -0.2) is 41.8 Å². The summed E-state index contributed by atoms with van der Waals surface area (Å²) in [5.41, 5.74) is 4.57. The molecule has 2 atom stereocenters. The molecule has 5 rings (SSSR count). The fourth-order valence-corrected chi connectivity index (χ4v) is 5.23. The van der Waals surface area contributed by atoms with Crippen LogP contribution >= 0.6 is 0 Å². The average molecular weight is 463 g/mol. The van der Waals surface area contributed by atoms with Crippen LogP contribution in [0.2, 0.25) is 0 Å². The van der Waals surface area contributed by atoms with Gasteiger partial charge < -0.3 is 20.5 Å². The van der Waals surface area contributed by atoms with Gasteiger partial charge in [0.2, 0.25) is 5.91 Å². The third-order valence-corrected chi connectivity index (χ3v) is 7.43. The van der Waals surface area contributed by atoms with E-state index in [0.717, 1.165) is 54.4 Å². The Kier molecular flexibility index (Phi) is 6.26. The molecular formula is C27H30N2O5. The molecule has 0 radical (unpaired) electrons. The van der Waals surface area contributed by atoms with Crippen molar-refractivity contribution in [2.75, 3.05) is 6.61 Å². The Morgan fingerprint density at radius 3 is 2.03 bits per heavy atom. The minimum absolute atomic E-state index is 0.0464. The standard InChI is InChI=1S/C27H30N2O5/c30-24(31)14-23(16-12-13-16)28-26(32)25(17-6-5-7-17)29-27(33)34-15-22-20-10-3-1-8-18(20)19-9-2-4-11-21(19)22/h1-4,8-11,16-17,22-23,25H,5-7,12-15H2,(H,28,32)(H,29,33)(H,30,31). The number of alkyl carbamates (subject to hydrolysis) is 1. The Balaban J connectivity index is 1.23. The van der Waals surface area contributed by atoms with Crippen molar-refractivity contribution in [1.29, 1.82) is 0 Å². The van der Waals surface area contributed by atoms with Gasteiger partial charge in [-0.25, -0.2) is 4.79 Å². The molecule has 34 heavy (non-hydrogen) atoms. The Hall–Kier alpha value is -3.35. The second kappa shape index (κ2) is 9.49. The molecule has 2 aromatic rings. The van der Waals surface area contributed by atoms with Crippen LogP contribution in [0.5, 0.6) is 0 Å². The molecule has 0 bridgehead atoms. The van der Waals surface area contributed by atoms with E-state index in [1.807, 2.05) is 24.3 Å². The van der Waals surface area contributed by atoms with E-state index < -0.39 is 24.1 Å². The molecule has 0 aromatic heterocycles. The van der Waals surface area contributed by atoms with E-state index in [9.17, 15) is 19.5 Å². The molecule has 3 N–H and O–H groups in total. The summed E-state index contributed by atoms with van der Waals surface area (Å²) in [4.78, 5) is 37.1. The fraction of sp³-hybridized carbons (Fsp3) is 0.444. The second-order valence-electron chi connectivity index (χ2n) is 9.69. The van der Waals surface area contributed by atoms with Crippen LogP contribution in [0.3, 0.4) is 0 Å². The lowest BCUT2D eigenvalue weighted by atomic mass is 9.79. The number of carbonyl (C=O) groups is 3. The average Bonchev–Trinajstić information content (AvgIpc) is 3.58. The van der Waals surface area contributed by atoms with Crippen LogP contribution in [0.15, 0.2) is 48.5 Å². The summed E-state index contributed by atoms with van der Waals surface area (Å²) >= 11 is 0. The first kappa shape index (κ1) is 22.4. The van der Waals surface area contributed by atoms with Gasteiger partial charge in [-0.05, 0) is 59.8 Å². The number of carboxylic acid groups (broad SMARTS) is 1. The summed E-state index contributed by atoms with van der Waals surface area (Å²) in [5, 5.41) is 14.9. The molecule has 0 aliphatic heterocycles. The van der Waals surface area contributed by atoms with E-state index in [-0.39, 0.29) is 36.7 Å². The van der Waals surface area contributed by atoms with Gasteiger partial charge in [0, 0.05) is 12.0 Å². The van der Waals surface area contributed by atoms with Gasteiger partial charge in [-0.15, -0.1) is 0 Å². The minimum atomic E-state index is -0.929. The molecule has 2 amide bonds. The number of aliphatic carboxylic acids is 1. The number of hydrogen-bond acceptors (Lipinski definition) is 4. The van der Waals surface area contributed by atoms with Crippen LogP contribution in [0, 0.1) is 11.8 Å². The highest BCUT2D eigenvalue weighted by Crippen LogP contribution is 2.44. The van der Waals surface area contributed by atoms with E-state index in [0.29, 0.717) is 0 Å². The number of carboxylic acids is 1. The SMILES string of the molecule is O=C(O)CC(NC(=O)C(NC(=O)OCC1c2ccccc2-c2ccccc21)C1CCC1)C1CC1. The van der Waals surface area contributed by atoms with Crippen LogP contribution < -0.4 is 10.6 Å². The number of carbonyl (C=O) groups excluding carboxylic acids is 2. The smallest absolute Gasteiger partial charge is 0.407 e. The predicted molar refractivity (Wildman–Crippen MR) is 126 cm³/mol. The van der Waals surface area contributed by atoms with Gasteiger partial charge in [0.1, 0.15) is 12.6 Å². The minimum Gasteiger partial charge on any atom is -0.481 e. The van der Waals surface area contributed by atoms with Gasteiger partial charge in [-0.2, -0.15) is 0 Å². The highest BCUT2D eigenvalue weighted by molar-refractivity contribution is 5.87. The molecule has 0 spiro atoms. The van der Waals surface area contributed by atoms with Crippen molar-refractivity contribution < 1.29 is 24.2 Å². The summed E-state index contributed by atoms with van der Waals surface area (Å²) < 4.78 is 5.64. The molecule has 7 nitrogen and oxygen atoms in total. The van der Waals surface area contributed by atoms with Crippen LogP contribution in [0.25, 0.3) is 11.1 Å². The van der Waals surface area contributed by atoms with Crippen molar-refractivity contribution in [3.8, 4) is 11.1 Å². The summed E-state index contributed by atoms with van der Waals surface area (Å²) in [7, 11) is 0. The van der Waals surface area contributed by atoms with Gasteiger partial charge in [-0.3, -0.25) is 9.59 Å². The van der Waals surface area contributed by atoms with Crippen LogP contribution in [0.4, 0.5) is 4.79 Å². The molecule has 2 unspecified atom stereocenters. The van der Waals surface area contributed by atoms with Crippen LogP contribution in [-0.2, 0) is 14.3 Å². The first-order chi connectivity index (χ1) is 16.5. The van der Waals surface area contributed by atoms with Gasteiger partial charge >= 0.3 is 12.1 Å². The first-order valence-corrected chi connectivity index (χ1v) is 12.1. The normalized spacial score (nSPS) is 18.7. The zero-order valence-corrected chi connectivity index (χ0v) is 19.0. The molecule has 3 aliphatic carbocycles. The van der Waals surface area contributed by atoms with Crippen molar-refractivity contribution in [2.45, 2.75) is 56.5 Å². The lowest BCUT2D eigenvalue weighted by molar-refractivity contribution is -0.138. The summed E-state index contributed by atoms with van der Waals surface area (Å²) in [6.45, 7) is 0.183. The van der Waals surface area contributed by atoms with Crippen molar-refractivity contribution in [2.24, 2.45) is 11.8 Å². The lowest BCUT2D eigenvalue weighted by Gasteiger charge is -2.34. The maximum absolute atomic E-state index is 13.1. The van der Waals surface area contributed by atoms with Crippen molar-refractivity contribution in [1.82, 2.24) is 10.6 Å². The van der Waals surface area contributed by atoms with Crippen molar-refractivity contribution in [3.05, 3.63) is 59.7 Å². The zero-order chi connectivity index (χ0) is 23.7. The maximum atomic E-state index is 13.1. The van der Waals surface area contributed by atoms with E-state index in [1.54, 1.807) is 0 Å². The molecule has 2 fully saturated rings. The Morgan fingerprint density at radius 2 is 1.50 bits per heavy atom. The molecule has 2 saturated carbocycles. The fourth-order valence-electron chi connectivity index (χ4n) is 5.23. The number of rotatable bonds is 9. The number of amides is 2. The van der Waals surface area contributed by atoms with E-state index in [1.165, 1.54) is 0 Å². The van der Waals surface area contributed by atoms with E-state index >= 15 is 0 Å². The number of benzene rings is 2. The summed E-state index contributed by atoms with van der Waals surface area (Å²) in [5.74, 6) is -1.04. The van der Waals surface area contributed by atoms with Gasteiger partial charge in [0.05, 0.1) is 6.42 Å².